The predicted molar refractivity (Wildman–Crippen MR) is 55.1 cm³/mol. The van der Waals surface area contributed by atoms with Gasteiger partial charge in [-0.1, -0.05) is 0 Å². The van der Waals surface area contributed by atoms with Crippen molar-refractivity contribution < 1.29 is 9.53 Å². The molecular weight excluding hydrogens is 194 g/mol. The Morgan fingerprint density at radius 2 is 2.47 bits per heavy atom. The van der Waals surface area contributed by atoms with Crippen LogP contribution in [-0.2, 0) is 9.53 Å². The van der Waals surface area contributed by atoms with Crippen molar-refractivity contribution >= 4 is 5.91 Å². The summed E-state index contributed by atoms with van der Waals surface area (Å²) in [6, 6.07) is 1.86. The van der Waals surface area contributed by atoms with Gasteiger partial charge in [-0.05, 0) is 12.8 Å². The molecule has 1 rings (SSSR count). The monoisotopic (exact) mass is 211 g/mol. The number of hydrogen-bond donors (Lipinski definition) is 2. The fourth-order valence-corrected chi connectivity index (χ4v) is 1.40. The van der Waals surface area contributed by atoms with Crippen LogP contribution in [0.25, 0.3) is 0 Å². The quantitative estimate of drug-likeness (QED) is 0.617. The van der Waals surface area contributed by atoms with Crippen molar-refractivity contribution in [3.05, 3.63) is 0 Å². The van der Waals surface area contributed by atoms with Crippen molar-refractivity contribution in [1.82, 2.24) is 10.6 Å². The van der Waals surface area contributed by atoms with Gasteiger partial charge < -0.3 is 15.4 Å². The highest BCUT2D eigenvalue weighted by atomic mass is 16.5. The van der Waals surface area contributed by atoms with E-state index < -0.39 is 0 Å². The molecule has 0 spiro atoms. The Kier molecular flexibility index (Phi) is 5.74. The van der Waals surface area contributed by atoms with Crippen LogP contribution in [0.1, 0.15) is 19.3 Å². The standard InChI is InChI=1S/C10H17N3O2/c11-4-2-1-3-5-13-10(14)9-8-15-7-6-12-9/h9,12H,1-3,5-8H2,(H,13,14). The van der Waals surface area contributed by atoms with Crippen LogP contribution in [0.2, 0.25) is 0 Å². The number of amides is 1. The molecule has 1 saturated heterocycles. The molecule has 1 aliphatic heterocycles. The zero-order valence-electron chi connectivity index (χ0n) is 8.79. The minimum Gasteiger partial charge on any atom is -0.378 e. The van der Waals surface area contributed by atoms with Gasteiger partial charge in [-0.2, -0.15) is 5.26 Å². The van der Waals surface area contributed by atoms with Crippen molar-refractivity contribution in [3.8, 4) is 6.07 Å². The van der Waals surface area contributed by atoms with Crippen molar-refractivity contribution in [2.75, 3.05) is 26.3 Å². The SMILES string of the molecule is N#CCCCCNC(=O)C1COCCN1. The van der Waals surface area contributed by atoms with Gasteiger partial charge >= 0.3 is 0 Å². The number of nitrogens with one attached hydrogen (secondary N) is 2. The first-order chi connectivity index (χ1) is 7.34. The summed E-state index contributed by atoms with van der Waals surface area (Å²) >= 11 is 0. The van der Waals surface area contributed by atoms with Crippen molar-refractivity contribution in [1.29, 1.82) is 5.26 Å². The molecule has 84 valence electrons. The smallest absolute Gasteiger partial charge is 0.239 e. The first-order valence-electron chi connectivity index (χ1n) is 5.30. The summed E-state index contributed by atoms with van der Waals surface area (Å²) in [6.07, 6.45) is 2.25. The van der Waals surface area contributed by atoms with Gasteiger partial charge in [0.15, 0.2) is 0 Å². The maximum Gasteiger partial charge on any atom is 0.239 e. The molecule has 5 nitrogen and oxygen atoms in total. The van der Waals surface area contributed by atoms with E-state index in [1.807, 2.05) is 0 Å². The Labute approximate surface area is 89.8 Å². The molecule has 1 unspecified atom stereocenters. The lowest BCUT2D eigenvalue weighted by Crippen LogP contribution is -2.51. The van der Waals surface area contributed by atoms with Gasteiger partial charge in [0.05, 0.1) is 19.3 Å². The fraction of sp³-hybridized carbons (Fsp3) is 0.800. The Hall–Kier alpha value is -1.12. The summed E-state index contributed by atoms with van der Waals surface area (Å²) in [7, 11) is 0. The highest BCUT2D eigenvalue weighted by molar-refractivity contribution is 5.81. The molecule has 0 aromatic rings. The van der Waals surface area contributed by atoms with Crippen LogP contribution in [0.5, 0.6) is 0 Å². The molecule has 1 amide bonds. The molecule has 1 fully saturated rings. The summed E-state index contributed by atoms with van der Waals surface area (Å²) < 4.78 is 5.18. The molecule has 1 heterocycles. The minimum atomic E-state index is -0.213. The van der Waals surface area contributed by atoms with Gasteiger partial charge in [0.1, 0.15) is 6.04 Å². The molecule has 0 aromatic heterocycles. The van der Waals surface area contributed by atoms with E-state index in [4.69, 9.17) is 10.00 Å². The molecule has 0 bridgehead atoms. The van der Waals surface area contributed by atoms with E-state index in [1.54, 1.807) is 0 Å². The second kappa shape index (κ2) is 7.21. The third-order valence-corrected chi connectivity index (χ3v) is 2.25. The second-order valence-electron chi connectivity index (χ2n) is 3.49. The van der Waals surface area contributed by atoms with E-state index in [9.17, 15) is 4.79 Å². The number of ether oxygens (including phenoxy) is 1. The molecular formula is C10H17N3O2. The number of carbonyl (C=O) groups is 1. The maximum absolute atomic E-state index is 11.5. The van der Waals surface area contributed by atoms with Crippen LogP contribution in [0, 0.1) is 11.3 Å². The van der Waals surface area contributed by atoms with E-state index in [-0.39, 0.29) is 11.9 Å². The largest absolute Gasteiger partial charge is 0.378 e. The zero-order valence-corrected chi connectivity index (χ0v) is 8.79. The lowest BCUT2D eigenvalue weighted by Gasteiger charge is -2.22. The minimum absolute atomic E-state index is 0.00772. The molecule has 0 aliphatic carbocycles. The zero-order chi connectivity index (χ0) is 10.9. The second-order valence-corrected chi connectivity index (χ2v) is 3.49. The molecule has 2 N–H and O–H groups in total. The third kappa shape index (κ3) is 4.77. The number of nitriles is 1. The summed E-state index contributed by atoms with van der Waals surface area (Å²) in [5, 5.41) is 14.2. The van der Waals surface area contributed by atoms with E-state index in [2.05, 4.69) is 16.7 Å². The summed E-state index contributed by atoms with van der Waals surface area (Å²) in [5.41, 5.74) is 0. The molecule has 0 radical (unpaired) electrons. The molecule has 0 saturated carbocycles. The molecule has 1 aliphatic rings. The number of rotatable bonds is 5. The highest BCUT2D eigenvalue weighted by Crippen LogP contribution is 1.95. The lowest BCUT2D eigenvalue weighted by atomic mass is 10.2. The van der Waals surface area contributed by atoms with Crippen LogP contribution in [0.3, 0.4) is 0 Å². The molecule has 15 heavy (non-hydrogen) atoms. The van der Waals surface area contributed by atoms with Crippen molar-refractivity contribution in [2.24, 2.45) is 0 Å². The van der Waals surface area contributed by atoms with E-state index in [1.165, 1.54) is 0 Å². The number of nitrogens with zero attached hydrogens (tertiary/aromatic N) is 1. The third-order valence-electron chi connectivity index (χ3n) is 2.25. The summed E-state index contributed by atoms with van der Waals surface area (Å²) in [5.74, 6) is -0.00772. The van der Waals surface area contributed by atoms with Crippen LogP contribution in [-0.4, -0.2) is 38.3 Å². The molecule has 0 aromatic carbocycles. The fourth-order valence-electron chi connectivity index (χ4n) is 1.40. The lowest BCUT2D eigenvalue weighted by molar-refractivity contribution is -0.125. The van der Waals surface area contributed by atoms with Crippen LogP contribution in [0.15, 0.2) is 0 Å². The van der Waals surface area contributed by atoms with Gasteiger partial charge in [-0.3, -0.25) is 4.79 Å². The Morgan fingerprint density at radius 3 is 3.13 bits per heavy atom. The summed E-state index contributed by atoms with van der Waals surface area (Å²) in [6.45, 7) is 2.49. The number of carbonyl (C=O) groups excluding carboxylic acids is 1. The van der Waals surface area contributed by atoms with Crippen LogP contribution >= 0.6 is 0 Å². The van der Waals surface area contributed by atoms with Crippen molar-refractivity contribution in [3.63, 3.8) is 0 Å². The summed E-state index contributed by atoms with van der Waals surface area (Å²) in [4.78, 5) is 11.5. The average Bonchev–Trinajstić information content (AvgIpc) is 2.30. The average molecular weight is 211 g/mol. The Bertz CT molecular complexity index is 231. The number of morpholine rings is 1. The van der Waals surface area contributed by atoms with E-state index >= 15 is 0 Å². The first kappa shape index (κ1) is 12.0. The van der Waals surface area contributed by atoms with Gasteiger partial charge in [-0.25, -0.2) is 0 Å². The van der Waals surface area contributed by atoms with Gasteiger partial charge in [0.25, 0.3) is 0 Å². The van der Waals surface area contributed by atoms with Crippen LogP contribution < -0.4 is 10.6 Å². The number of unbranched alkanes of at least 4 members (excludes halogenated alkanes) is 2. The van der Waals surface area contributed by atoms with Crippen molar-refractivity contribution in [2.45, 2.75) is 25.3 Å². The maximum atomic E-state index is 11.5. The first-order valence-corrected chi connectivity index (χ1v) is 5.30. The van der Waals surface area contributed by atoms with E-state index in [0.29, 0.717) is 26.2 Å². The normalized spacial score (nSPS) is 20.6. The van der Waals surface area contributed by atoms with Gasteiger partial charge in [-0.15, -0.1) is 0 Å². The number of hydrogen-bond acceptors (Lipinski definition) is 4. The molecule has 5 heteroatoms. The van der Waals surface area contributed by atoms with Gasteiger partial charge in [0.2, 0.25) is 5.91 Å². The van der Waals surface area contributed by atoms with Gasteiger partial charge in [0, 0.05) is 19.5 Å². The highest BCUT2D eigenvalue weighted by Gasteiger charge is 2.20. The predicted octanol–water partition coefficient (Wildman–Crippen LogP) is -0.215. The van der Waals surface area contributed by atoms with E-state index in [0.717, 1.165) is 19.4 Å². The topological polar surface area (TPSA) is 74.2 Å². The van der Waals surface area contributed by atoms with Crippen LogP contribution in [0.4, 0.5) is 0 Å². The Morgan fingerprint density at radius 1 is 1.60 bits per heavy atom. The molecule has 1 atom stereocenters. The Balaban J connectivity index is 2.05.